The molecular formula is C21H15BrN2O3. The molecule has 0 saturated carbocycles. The number of aromatic nitrogens is 2. The fourth-order valence-corrected chi connectivity index (χ4v) is 3.39. The van der Waals surface area contributed by atoms with Crippen LogP contribution in [0.5, 0.6) is 5.75 Å². The lowest BCUT2D eigenvalue weighted by Gasteiger charge is -2.09. The summed E-state index contributed by atoms with van der Waals surface area (Å²) in [5.74, 6) is -0.0881. The number of esters is 1. The van der Waals surface area contributed by atoms with Gasteiger partial charge in [-0.05, 0) is 53.6 Å². The highest BCUT2D eigenvalue weighted by atomic mass is 79.9. The number of carbonyl (C=O) groups excluding carboxylic acids is 1. The predicted molar refractivity (Wildman–Crippen MR) is 108 cm³/mol. The van der Waals surface area contributed by atoms with E-state index >= 15 is 0 Å². The SMILES string of the molecule is Cc1cccc2c(=O)n(CC(=O)Oc3ccc4cc(Br)ccc4c3)cnc12. The Bertz CT molecular complexity index is 1250. The van der Waals surface area contributed by atoms with Crippen LogP contribution >= 0.6 is 15.9 Å². The molecule has 0 spiro atoms. The van der Waals surface area contributed by atoms with E-state index in [1.165, 1.54) is 10.9 Å². The number of halogens is 1. The summed E-state index contributed by atoms with van der Waals surface area (Å²) in [7, 11) is 0. The number of benzene rings is 3. The molecule has 1 aromatic heterocycles. The Morgan fingerprint density at radius 3 is 2.74 bits per heavy atom. The monoisotopic (exact) mass is 422 g/mol. The second-order valence-electron chi connectivity index (χ2n) is 6.28. The fraction of sp³-hybridized carbons (Fsp3) is 0.0952. The van der Waals surface area contributed by atoms with Crippen molar-refractivity contribution in [2.75, 3.05) is 0 Å². The Labute approximate surface area is 163 Å². The van der Waals surface area contributed by atoms with Gasteiger partial charge in [-0.3, -0.25) is 9.36 Å². The Kier molecular flexibility index (Phi) is 4.49. The fourth-order valence-electron chi connectivity index (χ4n) is 3.01. The number of fused-ring (bicyclic) bond motifs is 2. The van der Waals surface area contributed by atoms with Gasteiger partial charge in [0.1, 0.15) is 12.3 Å². The second kappa shape index (κ2) is 6.96. The first-order chi connectivity index (χ1) is 13.0. The molecule has 0 aliphatic carbocycles. The highest BCUT2D eigenvalue weighted by Gasteiger charge is 2.11. The molecule has 1 heterocycles. The molecule has 27 heavy (non-hydrogen) atoms. The number of ether oxygens (including phenoxy) is 1. The topological polar surface area (TPSA) is 61.2 Å². The quantitative estimate of drug-likeness (QED) is 0.366. The van der Waals surface area contributed by atoms with Crippen LogP contribution in [0.3, 0.4) is 0 Å². The minimum absolute atomic E-state index is 0.200. The molecular weight excluding hydrogens is 408 g/mol. The summed E-state index contributed by atoms with van der Waals surface area (Å²) in [6, 6.07) is 16.7. The molecule has 4 aromatic rings. The minimum atomic E-state index is -0.526. The lowest BCUT2D eigenvalue weighted by molar-refractivity contribution is -0.135. The molecule has 6 heteroatoms. The van der Waals surface area contributed by atoms with E-state index in [1.807, 2.05) is 37.3 Å². The predicted octanol–water partition coefficient (Wildman–Crippen LogP) is 4.23. The van der Waals surface area contributed by atoms with Crippen LogP contribution in [0.15, 0.2) is 70.2 Å². The van der Waals surface area contributed by atoms with Crippen LogP contribution < -0.4 is 10.3 Å². The summed E-state index contributed by atoms with van der Waals surface area (Å²) in [6.45, 7) is 1.69. The number of nitrogens with zero attached hydrogens (tertiary/aromatic N) is 2. The zero-order chi connectivity index (χ0) is 19.0. The van der Waals surface area contributed by atoms with Gasteiger partial charge in [0.05, 0.1) is 17.2 Å². The van der Waals surface area contributed by atoms with Crippen molar-refractivity contribution in [3.05, 3.63) is 81.3 Å². The summed E-state index contributed by atoms with van der Waals surface area (Å²) in [5.41, 5.74) is 1.30. The van der Waals surface area contributed by atoms with Crippen LogP contribution in [0, 0.1) is 6.92 Å². The number of hydrogen-bond acceptors (Lipinski definition) is 4. The third-order valence-corrected chi connectivity index (χ3v) is 4.85. The molecule has 0 bridgehead atoms. The van der Waals surface area contributed by atoms with Crippen LogP contribution in [0.1, 0.15) is 5.56 Å². The van der Waals surface area contributed by atoms with Crippen molar-refractivity contribution in [3.8, 4) is 5.75 Å². The van der Waals surface area contributed by atoms with Gasteiger partial charge >= 0.3 is 5.97 Å². The molecule has 0 aliphatic heterocycles. The van der Waals surface area contributed by atoms with E-state index in [-0.39, 0.29) is 12.1 Å². The average Bonchev–Trinajstić information content (AvgIpc) is 2.65. The molecule has 3 aromatic carbocycles. The smallest absolute Gasteiger partial charge is 0.331 e. The van der Waals surface area contributed by atoms with Crippen LogP contribution in [0.4, 0.5) is 0 Å². The normalized spacial score (nSPS) is 11.0. The number of carbonyl (C=O) groups is 1. The highest BCUT2D eigenvalue weighted by molar-refractivity contribution is 9.10. The van der Waals surface area contributed by atoms with E-state index in [0.717, 1.165) is 20.8 Å². The summed E-state index contributed by atoms with van der Waals surface area (Å²) in [6.07, 6.45) is 1.39. The van der Waals surface area contributed by atoms with Crippen LogP contribution in [0.2, 0.25) is 0 Å². The molecule has 0 amide bonds. The summed E-state index contributed by atoms with van der Waals surface area (Å²) in [4.78, 5) is 29.2. The lowest BCUT2D eigenvalue weighted by atomic mass is 10.1. The van der Waals surface area contributed by atoms with Crippen molar-refractivity contribution in [1.29, 1.82) is 0 Å². The summed E-state index contributed by atoms with van der Waals surface area (Å²) in [5, 5.41) is 2.49. The molecule has 4 rings (SSSR count). The largest absolute Gasteiger partial charge is 0.425 e. The third-order valence-electron chi connectivity index (χ3n) is 4.36. The molecule has 0 saturated heterocycles. The van der Waals surface area contributed by atoms with Crippen molar-refractivity contribution in [2.45, 2.75) is 13.5 Å². The molecule has 5 nitrogen and oxygen atoms in total. The molecule has 0 aliphatic rings. The van der Waals surface area contributed by atoms with Gasteiger partial charge in [0.2, 0.25) is 0 Å². The Morgan fingerprint density at radius 1 is 1.11 bits per heavy atom. The number of rotatable bonds is 3. The minimum Gasteiger partial charge on any atom is -0.425 e. The summed E-state index contributed by atoms with van der Waals surface area (Å²) >= 11 is 3.43. The van der Waals surface area contributed by atoms with E-state index < -0.39 is 5.97 Å². The molecule has 0 radical (unpaired) electrons. The van der Waals surface area contributed by atoms with E-state index in [4.69, 9.17) is 4.74 Å². The molecule has 134 valence electrons. The van der Waals surface area contributed by atoms with Gasteiger partial charge in [-0.1, -0.05) is 40.2 Å². The third kappa shape index (κ3) is 3.48. The van der Waals surface area contributed by atoms with Crippen molar-refractivity contribution in [2.24, 2.45) is 0 Å². The number of para-hydroxylation sites is 1. The standard InChI is InChI=1S/C21H15BrN2O3/c1-13-3-2-4-18-20(13)23-12-24(21(18)26)11-19(25)27-17-8-6-14-9-16(22)7-5-15(14)10-17/h2-10,12H,11H2,1H3. The van der Waals surface area contributed by atoms with Crippen molar-refractivity contribution < 1.29 is 9.53 Å². The van der Waals surface area contributed by atoms with E-state index in [1.54, 1.807) is 24.3 Å². The van der Waals surface area contributed by atoms with Gasteiger partial charge in [0.15, 0.2) is 0 Å². The van der Waals surface area contributed by atoms with E-state index in [2.05, 4.69) is 20.9 Å². The van der Waals surface area contributed by atoms with Gasteiger partial charge < -0.3 is 4.74 Å². The number of hydrogen-bond donors (Lipinski definition) is 0. The van der Waals surface area contributed by atoms with E-state index in [0.29, 0.717) is 16.7 Å². The Balaban J connectivity index is 1.58. The molecule has 0 N–H and O–H groups in total. The molecule has 0 atom stereocenters. The van der Waals surface area contributed by atoms with Gasteiger partial charge in [0.25, 0.3) is 5.56 Å². The highest BCUT2D eigenvalue weighted by Crippen LogP contribution is 2.24. The second-order valence-corrected chi connectivity index (χ2v) is 7.19. The zero-order valence-corrected chi connectivity index (χ0v) is 16.1. The maximum absolute atomic E-state index is 12.6. The number of aryl methyl sites for hydroxylation is 1. The van der Waals surface area contributed by atoms with Crippen LogP contribution in [-0.2, 0) is 11.3 Å². The van der Waals surface area contributed by atoms with E-state index in [9.17, 15) is 9.59 Å². The lowest BCUT2D eigenvalue weighted by Crippen LogP contribution is -2.27. The maximum atomic E-state index is 12.6. The first kappa shape index (κ1) is 17.4. The van der Waals surface area contributed by atoms with Gasteiger partial charge in [-0.2, -0.15) is 0 Å². The zero-order valence-electron chi connectivity index (χ0n) is 14.5. The molecule has 0 fully saturated rings. The first-order valence-electron chi connectivity index (χ1n) is 8.36. The van der Waals surface area contributed by atoms with Gasteiger partial charge in [-0.15, -0.1) is 0 Å². The van der Waals surface area contributed by atoms with Gasteiger partial charge in [-0.25, -0.2) is 9.78 Å². The van der Waals surface area contributed by atoms with Crippen molar-refractivity contribution in [1.82, 2.24) is 9.55 Å². The maximum Gasteiger partial charge on any atom is 0.331 e. The van der Waals surface area contributed by atoms with Gasteiger partial charge in [0, 0.05) is 4.47 Å². The Morgan fingerprint density at radius 2 is 1.89 bits per heavy atom. The Hall–Kier alpha value is -2.99. The molecule has 0 unspecified atom stereocenters. The van der Waals surface area contributed by atoms with Crippen LogP contribution in [0.25, 0.3) is 21.7 Å². The van der Waals surface area contributed by atoms with Crippen molar-refractivity contribution in [3.63, 3.8) is 0 Å². The average molecular weight is 423 g/mol. The van der Waals surface area contributed by atoms with Crippen LogP contribution in [-0.4, -0.2) is 15.5 Å². The first-order valence-corrected chi connectivity index (χ1v) is 9.15. The summed E-state index contributed by atoms with van der Waals surface area (Å²) < 4.78 is 7.66. The van der Waals surface area contributed by atoms with Crippen molar-refractivity contribution >= 4 is 43.6 Å².